The molecule has 0 aromatic carbocycles. The third-order valence-corrected chi connectivity index (χ3v) is 4.18. The summed E-state index contributed by atoms with van der Waals surface area (Å²) in [4.78, 5) is 9.89. The van der Waals surface area contributed by atoms with Crippen molar-refractivity contribution in [1.82, 2.24) is 15.3 Å². The van der Waals surface area contributed by atoms with Gasteiger partial charge in [0.1, 0.15) is 0 Å². The highest BCUT2D eigenvalue weighted by Gasteiger charge is 2.00. The Morgan fingerprint density at radius 1 is 1.31 bits per heavy atom. The molecule has 0 fully saturated rings. The average Bonchev–Trinajstić information content (AvgIpc) is 2.95. The molecular formula is C11H15N3S2. The zero-order chi connectivity index (χ0) is 11.2. The average molecular weight is 253 g/mol. The standard InChI is InChI=1S/C11H15N3S2/c1-2-10-14-8-9(16-10)7-12-4-3-11-13-5-6-15-11/h5-6,8,12H,2-4,7H2,1H3. The molecule has 0 spiro atoms. The Balaban J connectivity index is 1.68. The third-order valence-electron chi connectivity index (χ3n) is 2.20. The highest BCUT2D eigenvalue weighted by molar-refractivity contribution is 7.11. The maximum atomic E-state index is 4.33. The largest absolute Gasteiger partial charge is 0.311 e. The fourth-order valence-electron chi connectivity index (χ4n) is 1.38. The number of hydrogen-bond acceptors (Lipinski definition) is 5. The molecule has 0 saturated heterocycles. The summed E-state index contributed by atoms with van der Waals surface area (Å²) in [7, 11) is 0. The lowest BCUT2D eigenvalue weighted by Gasteiger charge is -1.99. The van der Waals surface area contributed by atoms with Crippen molar-refractivity contribution in [3.63, 3.8) is 0 Å². The number of hydrogen-bond donors (Lipinski definition) is 1. The van der Waals surface area contributed by atoms with Crippen LogP contribution in [0.5, 0.6) is 0 Å². The number of aryl methyl sites for hydroxylation is 1. The van der Waals surface area contributed by atoms with Crippen LogP contribution in [-0.2, 0) is 19.4 Å². The van der Waals surface area contributed by atoms with Crippen molar-refractivity contribution in [2.75, 3.05) is 6.54 Å². The van der Waals surface area contributed by atoms with Crippen LogP contribution in [0.1, 0.15) is 21.8 Å². The molecule has 3 nitrogen and oxygen atoms in total. The van der Waals surface area contributed by atoms with Crippen molar-refractivity contribution in [2.45, 2.75) is 26.3 Å². The van der Waals surface area contributed by atoms with Crippen LogP contribution in [-0.4, -0.2) is 16.5 Å². The molecule has 0 saturated carbocycles. The first kappa shape index (κ1) is 11.7. The molecule has 0 aliphatic carbocycles. The number of rotatable bonds is 6. The molecule has 0 atom stereocenters. The number of nitrogens with zero attached hydrogens (tertiary/aromatic N) is 2. The molecule has 0 bridgehead atoms. The van der Waals surface area contributed by atoms with Gasteiger partial charge in [0, 0.05) is 42.2 Å². The van der Waals surface area contributed by atoms with Crippen LogP contribution in [0, 0.1) is 0 Å². The lowest BCUT2D eigenvalue weighted by molar-refractivity contribution is 0.691. The van der Waals surface area contributed by atoms with E-state index in [-0.39, 0.29) is 0 Å². The van der Waals surface area contributed by atoms with Crippen LogP contribution in [0.25, 0.3) is 0 Å². The van der Waals surface area contributed by atoms with Gasteiger partial charge in [-0.3, -0.25) is 0 Å². The van der Waals surface area contributed by atoms with Crippen LogP contribution in [0.3, 0.4) is 0 Å². The smallest absolute Gasteiger partial charge is 0.0937 e. The molecule has 0 amide bonds. The summed E-state index contributed by atoms with van der Waals surface area (Å²) in [5, 5.41) is 7.85. The predicted octanol–water partition coefficient (Wildman–Crippen LogP) is 2.49. The van der Waals surface area contributed by atoms with Crippen LogP contribution >= 0.6 is 22.7 Å². The zero-order valence-electron chi connectivity index (χ0n) is 9.27. The summed E-state index contributed by atoms with van der Waals surface area (Å²) in [5.41, 5.74) is 0. The van der Waals surface area contributed by atoms with Gasteiger partial charge in [-0.1, -0.05) is 6.92 Å². The Labute approximate surface area is 104 Å². The second-order valence-electron chi connectivity index (χ2n) is 3.43. The van der Waals surface area contributed by atoms with E-state index in [1.54, 1.807) is 22.7 Å². The normalized spacial score (nSPS) is 10.8. The topological polar surface area (TPSA) is 37.8 Å². The van der Waals surface area contributed by atoms with E-state index in [0.717, 1.165) is 25.9 Å². The fourth-order valence-corrected chi connectivity index (χ4v) is 2.83. The van der Waals surface area contributed by atoms with Gasteiger partial charge in [0.15, 0.2) is 0 Å². The van der Waals surface area contributed by atoms with E-state index in [1.807, 2.05) is 17.8 Å². The maximum Gasteiger partial charge on any atom is 0.0937 e. The highest BCUT2D eigenvalue weighted by atomic mass is 32.1. The van der Waals surface area contributed by atoms with Gasteiger partial charge in [0.2, 0.25) is 0 Å². The number of thiazole rings is 2. The van der Waals surface area contributed by atoms with Crippen LogP contribution in [0.15, 0.2) is 17.8 Å². The van der Waals surface area contributed by atoms with Crippen molar-refractivity contribution < 1.29 is 0 Å². The number of aromatic nitrogens is 2. The molecule has 2 rings (SSSR count). The minimum Gasteiger partial charge on any atom is -0.311 e. The lowest BCUT2D eigenvalue weighted by atomic mass is 10.4. The first-order chi connectivity index (χ1) is 7.88. The molecule has 0 unspecified atom stereocenters. The van der Waals surface area contributed by atoms with E-state index in [4.69, 9.17) is 0 Å². The van der Waals surface area contributed by atoms with Crippen LogP contribution in [0.4, 0.5) is 0 Å². The molecule has 86 valence electrons. The van der Waals surface area contributed by atoms with Crippen LogP contribution < -0.4 is 5.32 Å². The summed E-state index contributed by atoms with van der Waals surface area (Å²) in [6.45, 7) is 4.04. The van der Waals surface area contributed by atoms with Gasteiger partial charge in [0.05, 0.1) is 10.0 Å². The molecule has 1 N–H and O–H groups in total. The first-order valence-corrected chi connectivity index (χ1v) is 7.10. The van der Waals surface area contributed by atoms with E-state index >= 15 is 0 Å². The molecule has 0 aliphatic rings. The Hall–Kier alpha value is -0.780. The van der Waals surface area contributed by atoms with E-state index in [0.29, 0.717) is 0 Å². The quantitative estimate of drug-likeness (QED) is 0.804. The van der Waals surface area contributed by atoms with Crippen molar-refractivity contribution in [3.8, 4) is 0 Å². The zero-order valence-corrected chi connectivity index (χ0v) is 10.9. The van der Waals surface area contributed by atoms with Gasteiger partial charge >= 0.3 is 0 Å². The summed E-state index contributed by atoms with van der Waals surface area (Å²) in [6.07, 6.45) is 5.87. The summed E-state index contributed by atoms with van der Waals surface area (Å²) < 4.78 is 0. The van der Waals surface area contributed by atoms with Gasteiger partial charge in [0.25, 0.3) is 0 Å². The number of nitrogens with one attached hydrogen (secondary N) is 1. The van der Waals surface area contributed by atoms with E-state index in [2.05, 4.69) is 22.2 Å². The van der Waals surface area contributed by atoms with Gasteiger partial charge in [-0.15, -0.1) is 22.7 Å². The molecule has 2 aromatic rings. The van der Waals surface area contributed by atoms with Crippen molar-refractivity contribution in [2.24, 2.45) is 0 Å². The van der Waals surface area contributed by atoms with E-state index in [9.17, 15) is 0 Å². The Kier molecular flexibility index (Phi) is 4.44. The second-order valence-corrected chi connectivity index (χ2v) is 5.61. The second kappa shape index (κ2) is 6.08. The molecular weight excluding hydrogens is 238 g/mol. The Morgan fingerprint density at radius 2 is 2.25 bits per heavy atom. The summed E-state index contributed by atoms with van der Waals surface area (Å²) in [5.74, 6) is 0. The van der Waals surface area contributed by atoms with E-state index < -0.39 is 0 Å². The van der Waals surface area contributed by atoms with Crippen molar-refractivity contribution in [1.29, 1.82) is 0 Å². The van der Waals surface area contributed by atoms with Gasteiger partial charge in [-0.2, -0.15) is 0 Å². The van der Waals surface area contributed by atoms with Crippen LogP contribution in [0.2, 0.25) is 0 Å². The molecule has 5 heteroatoms. The Morgan fingerprint density at radius 3 is 2.94 bits per heavy atom. The Bertz CT molecular complexity index is 409. The third kappa shape index (κ3) is 3.37. The molecule has 2 heterocycles. The van der Waals surface area contributed by atoms with Crippen molar-refractivity contribution >= 4 is 22.7 Å². The van der Waals surface area contributed by atoms with Gasteiger partial charge in [-0.25, -0.2) is 9.97 Å². The molecule has 0 aliphatic heterocycles. The maximum absolute atomic E-state index is 4.33. The molecule has 2 aromatic heterocycles. The van der Waals surface area contributed by atoms with Gasteiger partial charge in [-0.05, 0) is 6.42 Å². The SMILES string of the molecule is CCc1ncc(CNCCc2nccs2)s1. The summed E-state index contributed by atoms with van der Waals surface area (Å²) >= 11 is 3.51. The molecule has 16 heavy (non-hydrogen) atoms. The minimum atomic E-state index is 0.920. The van der Waals surface area contributed by atoms with Crippen molar-refractivity contribution in [3.05, 3.63) is 32.7 Å². The van der Waals surface area contributed by atoms with E-state index in [1.165, 1.54) is 14.9 Å². The minimum absolute atomic E-state index is 0.920. The summed E-state index contributed by atoms with van der Waals surface area (Å²) in [6, 6.07) is 0. The highest BCUT2D eigenvalue weighted by Crippen LogP contribution is 2.12. The lowest BCUT2D eigenvalue weighted by Crippen LogP contribution is -2.15. The monoisotopic (exact) mass is 253 g/mol. The fraction of sp³-hybridized carbons (Fsp3) is 0.455. The molecule has 0 radical (unpaired) electrons. The first-order valence-electron chi connectivity index (χ1n) is 5.41. The predicted molar refractivity (Wildman–Crippen MR) is 69.0 cm³/mol. The van der Waals surface area contributed by atoms with Gasteiger partial charge < -0.3 is 5.32 Å².